The topological polar surface area (TPSA) is 118 Å². The van der Waals surface area contributed by atoms with Gasteiger partial charge in [-0.1, -0.05) is 80.3 Å². The lowest BCUT2D eigenvalue weighted by Crippen LogP contribution is -2.48. The second-order valence-electron chi connectivity index (χ2n) is 14.4. The van der Waals surface area contributed by atoms with Gasteiger partial charge in [0, 0.05) is 11.3 Å². The first kappa shape index (κ1) is 34.4. The first-order valence-corrected chi connectivity index (χ1v) is 17.7. The number of carbonyl (C=O) groups is 1. The number of aliphatic hydroxyl groups is 3. The van der Waals surface area contributed by atoms with E-state index in [-0.39, 0.29) is 24.9 Å². The minimum absolute atomic E-state index is 0.193. The SMILES string of the molecule is O=C(O)[C@@H]1[C@@H](CO)/C=C/C[C@@H](CCCCCC[C@@H]2C=C(CO)CC2)[C@H](c2ccc(O)cc2)Cc2cccc(c2)[C@@]12CCC[C@H](O)C2. The lowest BCUT2D eigenvalue weighted by atomic mass is 9.57. The van der Waals surface area contributed by atoms with Gasteiger partial charge in [0.2, 0.25) is 0 Å². The van der Waals surface area contributed by atoms with Gasteiger partial charge < -0.3 is 25.5 Å². The number of aliphatic carboxylic acids is 1. The van der Waals surface area contributed by atoms with Crippen LogP contribution in [0.15, 0.2) is 72.3 Å². The van der Waals surface area contributed by atoms with Crippen LogP contribution < -0.4 is 0 Å². The van der Waals surface area contributed by atoms with Gasteiger partial charge >= 0.3 is 5.97 Å². The molecular weight excluding hydrogens is 576 g/mol. The van der Waals surface area contributed by atoms with Crippen LogP contribution in [-0.4, -0.2) is 50.8 Å². The molecule has 6 heteroatoms. The van der Waals surface area contributed by atoms with Gasteiger partial charge in [-0.2, -0.15) is 0 Å². The average molecular weight is 631 g/mol. The maximum Gasteiger partial charge on any atom is 0.308 e. The molecule has 0 amide bonds. The summed E-state index contributed by atoms with van der Waals surface area (Å²) in [6.07, 6.45) is 18.9. The summed E-state index contributed by atoms with van der Waals surface area (Å²) in [6, 6.07) is 16.0. The summed E-state index contributed by atoms with van der Waals surface area (Å²) in [6.45, 7) is -0.0636. The number of hydrogen-bond donors (Lipinski definition) is 5. The number of carboxylic acids is 1. The Balaban J connectivity index is 1.41. The summed E-state index contributed by atoms with van der Waals surface area (Å²) in [7, 11) is 0. The summed E-state index contributed by atoms with van der Waals surface area (Å²) in [5.41, 5.74) is 3.72. The van der Waals surface area contributed by atoms with Crippen LogP contribution in [0.2, 0.25) is 0 Å². The highest BCUT2D eigenvalue weighted by Gasteiger charge is 2.50. The summed E-state index contributed by atoms with van der Waals surface area (Å²) in [5, 5.41) is 51.6. The van der Waals surface area contributed by atoms with Crippen molar-refractivity contribution in [3.8, 4) is 5.75 Å². The molecule has 0 heterocycles. The molecule has 1 fully saturated rings. The first-order valence-electron chi connectivity index (χ1n) is 17.7. The van der Waals surface area contributed by atoms with Crippen LogP contribution in [0.3, 0.4) is 0 Å². The molecule has 7 atom stereocenters. The fourth-order valence-corrected chi connectivity index (χ4v) is 8.96. The number of benzene rings is 2. The van der Waals surface area contributed by atoms with Crippen molar-refractivity contribution in [3.63, 3.8) is 0 Å². The summed E-state index contributed by atoms with van der Waals surface area (Å²) in [4.78, 5) is 13.0. The number of aromatic hydroxyl groups is 1. The largest absolute Gasteiger partial charge is 0.508 e. The Morgan fingerprint density at radius 1 is 0.957 bits per heavy atom. The molecule has 0 aliphatic heterocycles. The molecule has 3 aliphatic rings. The van der Waals surface area contributed by atoms with Crippen molar-refractivity contribution < 1.29 is 30.3 Å². The van der Waals surface area contributed by atoms with Gasteiger partial charge in [0.15, 0.2) is 0 Å². The third kappa shape index (κ3) is 8.31. The van der Waals surface area contributed by atoms with Gasteiger partial charge in [0.05, 0.1) is 25.2 Å². The molecule has 2 bridgehead atoms. The Bertz CT molecular complexity index is 1330. The summed E-state index contributed by atoms with van der Waals surface area (Å²) < 4.78 is 0. The number of fused-ring (bicyclic) bond motifs is 3. The van der Waals surface area contributed by atoms with E-state index in [4.69, 9.17) is 0 Å². The van der Waals surface area contributed by atoms with Gasteiger partial charge in [-0.3, -0.25) is 4.79 Å². The maximum absolute atomic E-state index is 13.0. The van der Waals surface area contributed by atoms with Gasteiger partial charge in [-0.25, -0.2) is 0 Å². The number of rotatable bonds is 11. The van der Waals surface area contributed by atoms with Crippen molar-refractivity contribution >= 4 is 5.97 Å². The predicted molar refractivity (Wildman–Crippen MR) is 182 cm³/mol. The molecule has 5 rings (SSSR count). The Morgan fingerprint density at radius 3 is 2.43 bits per heavy atom. The molecule has 3 aliphatic carbocycles. The third-order valence-electron chi connectivity index (χ3n) is 11.3. The standard InChI is InChI=1S/C40H54O6/c41-26-30-16-15-28(22-30)8-3-1-2-4-10-31-11-6-12-33(27-42)38(39(45)46)40(21-7-14-36(44)25-40)34-13-5-9-29(23-34)24-37(31)32-17-19-35(43)20-18-32/h5-6,9,12-13,17-20,22-23,28,31,33,36-38,41-44H,1-4,7-8,10-11,14-16,21,24-27H2,(H,45,46)/b12-6+/t28-,31+,33+,36-,37+,38-,40-/m0/s1. The fourth-order valence-electron chi connectivity index (χ4n) is 8.96. The van der Waals surface area contributed by atoms with Crippen LogP contribution in [0.25, 0.3) is 0 Å². The second-order valence-corrected chi connectivity index (χ2v) is 14.4. The zero-order valence-electron chi connectivity index (χ0n) is 27.3. The molecule has 0 saturated heterocycles. The van der Waals surface area contributed by atoms with Crippen LogP contribution in [0.1, 0.15) is 106 Å². The highest BCUT2D eigenvalue weighted by molar-refractivity contribution is 5.73. The van der Waals surface area contributed by atoms with E-state index in [1.807, 2.05) is 30.3 Å². The van der Waals surface area contributed by atoms with Crippen LogP contribution in [0, 0.1) is 23.7 Å². The number of unbranched alkanes of at least 4 members (excludes halogenated alkanes) is 3. The van der Waals surface area contributed by atoms with Crippen molar-refractivity contribution in [2.24, 2.45) is 23.7 Å². The molecule has 1 saturated carbocycles. The molecule has 2 aromatic rings. The van der Waals surface area contributed by atoms with E-state index in [0.29, 0.717) is 31.1 Å². The molecule has 2 aromatic carbocycles. The number of carboxylic acid groups (broad SMARTS) is 1. The molecule has 46 heavy (non-hydrogen) atoms. The van der Waals surface area contributed by atoms with E-state index in [1.54, 1.807) is 12.1 Å². The minimum Gasteiger partial charge on any atom is -0.508 e. The lowest BCUT2D eigenvalue weighted by Gasteiger charge is -2.46. The smallest absolute Gasteiger partial charge is 0.308 e. The van der Waals surface area contributed by atoms with E-state index in [2.05, 4.69) is 24.3 Å². The number of aliphatic hydroxyl groups excluding tert-OH is 3. The molecular formula is C40H54O6. The predicted octanol–water partition coefficient (Wildman–Crippen LogP) is 7.45. The Labute approximate surface area is 274 Å². The molecule has 0 unspecified atom stereocenters. The van der Waals surface area contributed by atoms with Gasteiger partial charge in [0.25, 0.3) is 0 Å². The number of phenolic OH excluding ortho intramolecular Hbond substituents is 1. The Hall–Kier alpha value is -2.93. The van der Waals surface area contributed by atoms with Crippen LogP contribution in [0.4, 0.5) is 0 Å². The monoisotopic (exact) mass is 630 g/mol. The second kappa shape index (κ2) is 16.3. The molecule has 1 spiro atoms. The highest BCUT2D eigenvalue weighted by Crippen LogP contribution is 2.49. The molecule has 5 N–H and O–H groups in total. The van der Waals surface area contributed by atoms with Crippen molar-refractivity contribution in [1.29, 1.82) is 0 Å². The van der Waals surface area contributed by atoms with Gasteiger partial charge in [-0.15, -0.1) is 0 Å². The van der Waals surface area contributed by atoms with Crippen molar-refractivity contribution in [2.75, 3.05) is 13.2 Å². The highest BCUT2D eigenvalue weighted by atomic mass is 16.4. The average Bonchev–Trinajstić information content (AvgIpc) is 3.52. The fraction of sp³-hybridized carbons (Fsp3) is 0.575. The lowest BCUT2D eigenvalue weighted by molar-refractivity contribution is -0.148. The zero-order chi connectivity index (χ0) is 32.5. The summed E-state index contributed by atoms with van der Waals surface area (Å²) >= 11 is 0. The molecule has 0 aromatic heterocycles. The van der Waals surface area contributed by atoms with E-state index in [1.165, 1.54) is 36.8 Å². The number of hydrogen-bond acceptors (Lipinski definition) is 5. The molecule has 0 radical (unpaired) electrons. The van der Waals surface area contributed by atoms with E-state index in [0.717, 1.165) is 56.1 Å². The van der Waals surface area contributed by atoms with Crippen LogP contribution in [0.5, 0.6) is 5.75 Å². The van der Waals surface area contributed by atoms with Crippen molar-refractivity contribution in [2.45, 2.75) is 107 Å². The van der Waals surface area contributed by atoms with Crippen LogP contribution in [-0.2, 0) is 16.6 Å². The minimum atomic E-state index is -0.917. The van der Waals surface area contributed by atoms with Crippen molar-refractivity contribution in [3.05, 3.63) is 89.0 Å². The number of phenols is 1. The van der Waals surface area contributed by atoms with Crippen LogP contribution >= 0.6 is 0 Å². The van der Waals surface area contributed by atoms with Crippen molar-refractivity contribution in [1.82, 2.24) is 0 Å². The quantitative estimate of drug-likeness (QED) is 0.130. The van der Waals surface area contributed by atoms with E-state index in [9.17, 15) is 30.3 Å². The zero-order valence-corrected chi connectivity index (χ0v) is 27.3. The maximum atomic E-state index is 13.0. The molecule has 250 valence electrons. The Morgan fingerprint density at radius 2 is 1.74 bits per heavy atom. The van der Waals surface area contributed by atoms with E-state index < -0.39 is 29.3 Å². The molecule has 6 nitrogen and oxygen atoms in total. The first-order chi connectivity index (χ1) is 22.3. The van der Waals surface area contributed by atoms with E-state index >= 15 is 0 Å². The van der Waals surface area contributed by atoms with Gasteiger partial charge in [-0.05, 0) is 116 Å². The number of allylic oxidation sites excluding steroid dienone is 2. The normalized spacial score (nSPS) is 30.7. The van der Waals surface area contributed by atoms with Gasteiger partial charge in [0.1, 0.15) is 5.75 Å². The third-order valence-corrected chi connectivity index (χ3v) is 11.3. The Kier molecular flexibility index (Phi) is 12.2. The summed E-state index contributed by atoms with van der Waals surface area (Å²) in [5.74, 6) is -0.944.